The predicted octanol–water partition coefficient (Wildman–Crippen LogP) is 1.64. The summed E-state index contributed by atoms with van der Waals surface area (Å²) in [6, 6.07) is 3.84. The van der Waals surface area contributed by atoms with Crippen molar-refractivity contribution in [3.63, 3.8) is 0 Å². The highest BCUT2D eigenvalue weighted by Gasteiger charge is 2.22. The quantitative estimate of drug-likeness (QED) is 0.889. The summed E-state index contributed by atoms with van der Waals surface area (Å²) in [6.45, 7) is 4.52. The molecule has 4 nitrogen and oxygen atoms in total. The van der Waals surface area contributed by atoms with Gasteiger partial charge in [-0.15, -0.1) is 0 Å². The van der Waals surface area contributed by atoms with Gasteiger partial charge < -0.3 is 19.7 Å². The van der Waals surface area contributed by atoms with Crippen LogP contribution in [0, 0.1) is 5.82 Å². The Labute approximate surface area is 107 Å². The molecule has 1 aromatic rings. The molecule has 1 fully saturated rings. The van der Waals surface area contributed by atoms with E-state index in [2.05, 4.69) is 12.2 Å². The molecule has 0 aliphatic carbocycles. The molecule has 1 aromatic carbocycles. The fourth-order valence-electron chi connectivity index (χ4n) is 2.27. The first-order chi connectivity index (χ1) is 8.67. The van der Waals surface area contributed by atoms with Crippen LogP contribution in [0.1, 0.15) is 6.92 Å². The van der Waals surface area contributed by atoms with Crippen LogP contribution >= 0.6 is 0 Å². The van der Waals surface area contributed by atoms with Crippen LogP contribution in [-0.2, 0) is 0 Å². The van der Waals surface area contributed by atoms with Crippen molar-refractivity contribution in [1.82, 2.24) is 5.32 Å². The summed E-state index contributed by atoms with van der Waals surface area (Å²) in [7, 11) is 2.95. The zero-order valence-electron chi connectivity index (χ0n) is 11.0. The molecule has 0 spiro atoms. The molecule has 0 aromatic heterocycles. The van der Waals surface area contributed by atoms with E-state index >= 15 is 0 Å². The van der Waals surface area contributed by atoms with E-state index < -0.39 is 0 Å². The predicted molar refractivity (Wildman–Crippen MR) is 69.2 cm³/mol. The average Bonchev–Trinajstić information content (AvgIpc) is 2.38. The van der Waals surface area contributed by atoms with Crippen LogP contribution in [0.4, 0.5) is 10.1 Å². The number of piperazine rings is 1. The molecule has 0 saturated carbocycles. The van der Waals surface area contributed by atoms with Crippen LogP contribution in [0.25, 0.3) is 0 Å². The van der Waals surface area contributed by atoms with E-state index in [1.807, 2.05) is 4.90 Å². The van der Waals surface area contributed by atoms with Crippen molar-refractivity contribution in [1.29, 1.82) is 0 Å². The van der Waals surface area contributed by atoms with Crippen molar-refractivity contribution in [2.45, 2.75) is 13.0 Å². The Morgan fingerprint density at radius 2 is 2.11 bits per heavy atom. The standard InChI is InChI=1S/C13H19FN2O2/c1-9-8-16(7-6-15-9)10-4-5-11(17-2)13(18-3)12(10)14/h4-5,9,15H,6-8H2,1-3H3/t9-/m1/s1. The van der Waals surface area contributed by atoms with E-state index in [9.17, 15) is 4.39 Å². The van der Waals surface area contributed by atoms with E-state index in [1.165, 1.54) is 14.2 Å². The molecular formula is C13H19FN2O2. The van der Waals surface area contributed by atoms with Crippen LogP contribution in [0.5, 0.6) is 11.5 Å². The lowest BCUT2D eigenvalue weighted by Gasteiger charge is -2.34. The summed E-state index contributed by atoms with van der Waals surface area (Å²) >= 11 is 0. The lowest BCUT2D eigenvalue weighted by atomic mass is 10.2. The molecule has 0 amide bonds. The van der Waals surface area contributed by atoms with Crippen molar-refractivity contribution in [3.05, 3.63) is 17.9 Å². The third kappa shape index (κ3) is 2.36. The van der Waals surface area contributed by atoms with Gasteiger partial charge in [-0.25, -0.2) is 4.39 Å². The molecule has 1 saturated heterocycles. The number of halogens is 1. The van der Waals surface area contributed by atoms with Crippen LogP contribution < -0.4 is 19.7 Å². The van der Waals surface area contributed by atoms with Gasteiger partial charge in [0.25, 0.3) is 0 Å². The van der Waals surface area contributed by atoms with Crippen molar-refractivity contribution < 1.29 is 13.9 Å². The fraction of sp³-hybridized carbons (Fsp3) is 0.538. The van der Waals surface area contributed by atoms with Gasteiger partial charge >= 0.3 is 0 Å². The van der Waals surface area contributed by atoms with Crippen LogP contribution in [0.2, 0.25) is 0 Å². The number of benzene rings is 1. The van der Waals surface area contributed by atoms with Crippen molar-refractivity contribution in [2.75, 3.05) is 38.8 Å². The maximum absolute atomic E-state index is 14.4. The monoisotopic (exact) mass is 254 g/mol. The van der Waals surface area contributed by atoms with E-state index in [0.29, 0.717) is 17.5 Å². The first-order valence-electron chi connectivity index (χ1n) is 6.06. The van der Waals surface area contributed by atoms with Gasteiger partial charge in [0.1, 0.15) is 0 Å². The smallest absolute Gasteiger partial charge is 0.198 e. The van der Waals surface area contributed by atoms with E-state index in [-0.39, 0.29) is 11.6 Å². The topological polar surface area (TPSA) is 33.7 Å². The molecule has 0 unspecified atom stereocenters. The van der Waals surface area contributed by atoms with E-state index in [0.717, 1.165) is 19.6 Å². The molecule has 100 valence electrons. The second-order valence-electron chi connectivity index (χ2n) is 4.44. The number of anilines is 1. The molecule has 18 heavy (non-hydrogen) atoms. The molecule has 1 N–H and O–H groups in total. The molecule has 1 aliphatic heterocycles. The Bertz CT molecular complexity index is 426. The molecule has 1 atom stereocenters. The van der Waals surface area contributed by atoms with Gasteiger partial charge in [0, 0.05) is 25.7 Å². The minimum absolute atomic E-state index is 0.168. The molecule has 1 aliphatic rings. The van der Waals surface area contributed by atoms with Gasteiger partial charge in [0.05, 0.1) is 19.9 Å². The maximum atomic E-state index is 14.4. The summed E-state index contributed by atoms with van der Waals surface area (Å²) in [4.78, 5) is 2.03. The summed E-state index contributed by atoms with van der Waals surface area (Å²) in [5.41, 5.74) is 0.570. The van der Waals surface area contributed by atoms with Crippen LogP contribution in [0.15, 0.2) is 12.1 Å². The number of nitrogens with zero attached hydrogens (tertiary/aromatic N) is 1. The first kappa shape index (κ1) is 13.0. The number of methoxy groups -OCH3 is 2. The van der Waals surface area contributed by atoms with Gasteiger partial charge in [-0.3, -0.25) is 0 Å². The largest absolute Gasteiger partial charge is 0.493 e. The lowest BCUT2D eigenvalue weighted by Crippen LogP contribution is -2.49. The molecule has 0 bridgehead atoms. The molecule has 1 heterocycles. The molecule has 0 radical (unpaired) electrons. The highest BCUT2D eigenvalue weighted by Crippen LogP contribution is 2.36. The highest BCUT2D eigenvalue weighted by molar-refractivity contribution is 5.58. The number of ether oxygens (including phenoxy) is 2. The number of hydrogen-bond acceptors (Lipinski definition) is 4. The Balaban J connectivity index is 2.33. The van der Waals surface area contributed by atoms with Crippen LogP contribution in [-0.4, -0.2) is 39.9 Å². The van der Waals surface area contributed by atoms with E-state index in [1.54, 1.807) is 12.1 Å². The number of nitrogens with one attached hydrogen (secondary N) is 1. The minimum atomic E-state index is -0.356. The van der Waals surface area contributed by atoms with Crippen molar-refractivity contribution in [3.8, 4) is 11.5 Å². The normalized spacial score (nSPS) is 19.8. The van der Waals surface area contributed by atoms with E-state index in [4.69, 9.17) is 9.47 Å². The SMILES string of the molecule is COc1ccc(N2CCN[C@H](C)C2)c(F)c1OC. The Morgan fingerprint density at radius 1 is 1.33 bits per heavy atom. The number of rotatable bonds is 3. The van der Waals surface area contributed by atoms with Gasteiger partial charge in [-0.1, -0.05) is 0 Å². The van der Waals surface area contributed by atoms with Gasteiger partial charge in [0.15, 0.2) is 17.3 Å². The molecule has 5 heteroatoms. The molecule has 2 rings (SSSR count). The van der Waals surface area contributed by atoms with Gasteiger partial charge in [0.2, 0.25) is 0 Å². The average molecular weight is 254 g/mol. The maximum Gasteiger partial charge on any atom is 0.198 e. The molecular weight excluding hydrogens is 235 g/mol. The second-order valence-corrected chi connectivity index (χ2v) is 4.44. The third-order valence-corrected chi connectivity index (χ3v) is 3.17. The highest BCUT2D eigenvalue weighted by atomic mass is 19.1. The first-order valence-corrected chi connectivity index (χ1v) is 6.06. The Kier molecular flexibility index (Phi) is 3.91. The summed E-state index contributed by atoms with van der Waals surface area (Å²) in [6.07, 6.45) is 0. The zero-order chi connectivity index (χ0) is 13.1. The van der Waals surface area contributed by atoms with Crippen LogP contribution in [0.3, 0.4) is 0 Å². The number of hydrogen-bond donors (Lipinski definition) is 1. The summed E-state index contributed by atoms with van der Waals surface area (Å²) in [5, 5.41) is 3.33. The lowest BCUT2D eigenvalue weighted by molar-refractivity contribution is 0.337. The summed E-state index contributed by atoms with van der Waals surface area (Å²) in [5.74, 6) is 0.231. The van der Waals surface area contributed by atoms with Gasteiger partial charge in [-0.05, 0) is 19.1 Å². The second kappa shape index (κ2) is 5.44. The van der Waals surface area contributed by atoms with Crippen molar-refractivity contribution in [2.24, 2.45) is 0 Å². The Morgan fingerprint density at radius 3 is 2.72 bits per heavy atom. The van der Waals surface area contributed by atoms with Gasteiger partial charge in [-0.2, -0.15) is 0 Å². The fourth-order valence-corrected chi connectivity index (χ4v) is 2.27. The summed E-state index contributed by atoms with van der Waals surface area (Å²) < 4.78 is 24.5. The third-order valence-electron chi connectivity index (χ3n) is 3.17. The Hall–Kier alpha value is -1.49. The minimum Gasteiger partial charge on any atom is -0.493 e. The van der Waals surface area contributed by atoms with Crippen molar-refractivity contribution >= 4 is 5.69 Å². The zero-order valence-corrected chi connectivity index (χ0v) is 11.0.